The van der Waals surface area contributed by atoms with E-state index in [0.29, 0.717) is 5.59 Å². The van der Waals surface area contributed by atoms with Crippen molar-refractivity contribution in [1.29, 1.82) is 5.26 Å². The fraction of sp³-hybridized carbons (Fsp3) is 0.545. The summed E-state index contributed by atoms with van der Waals surface area (Å²) in [5.74, 6) is 0.00668. The lowest BCUT2D eigenvalue weighted by atomic mass is 9.84. The Kier molecular flexibility index (Phi) is 3.10. The monoisotopic (exact) mass is 265 g/mol. The minimum Gasteiger partial charge on any atom is -0.398 e. The third kappa shape index (κ3) is 2.21. The van der Waals surface area contributed by atoms with E-state index in [2.05, 4.69) is 9.97 Å². The van der Waals surface area contributed by atoms with E-state index < -0.39 is 18.3 Å². The van der Waals surface area contributed by atoms with Crippen LogP contribution in [0, 0.1) is 11.3 Å². The molecule has 1 aliphatic heterocycles. The number of nitrogens with zero attached hydrogens (tertiary/aromatic N) is 3. The van der Waals surface area contributed by atoms with Gasteiger partial charge in [0.15, 0.2) is 0 Å². The second-order valence-corrected chi connectivity index (χ2v) is 5.53. The fourth-order valence-electron chi connectivity index (χ4n) is 1.57. The maximum atomic E-state index is 8.82. The molecule has 0 saturated carbocycles. The predicted molar refractivity (Wildman–Crippen MR) is 67.5 cm³/mol. The summed E-state index contributed by atoms with van der Waals surface area (Å²) in [5, 5.41) is 9.02. The first-order chi connectivity index (χ1) is 8.25. The topological polar surface area (TPSA) is 68.0 Å². The zero-order valence-electron chi connectivity index (χ0n) is 10.7. The quantitative estimate of drug-likeness (QED) is 0.565. The van der Waals surface area contributed by atoms with Crippen LogP contribution in [0.3, 0.4) is 0 Å². The van der Waals surface area contributed by atoms with E-state index >= 15 is 0 Å². The van der Waals surface area contributed by atoms with E-state index in [9.17, 15) is 0 Å². The van der Waals surface area contributed by atoms with Crippen molar-refractivity contribution < 1.29 is 9.31 Å². The molecule has 2 rings (SSSR count). The normalized spacial score (nSPS) is 20.8. The summed E-state index contributed by atoms with van der Waals surface area (Å²) >= 11 is 5.84. The molecule has 18 heavy (non-hydrogen) atoms. The van der Waals surface area contributed by atoms with Gasteiger partial charge in [-0.1, -0.05) is 11.6 Å². The SMILES string of the molecule is CC1(C)OB(c2cc(Cl)nc(C#N)n2)OC1(C)C. The summed E-state index contributed by atoms with van der Waals surface area (Å²) in [5.41, 5.74) is -0.450. The molecule has 0 N–H and O–H groups in total. The van der Waals surface area contributed by atoms with Gasteiger partial charge in [0.2, 0.25) is 5.82 Å². The highest BCUT2D eigenvalue weighted by molar-refractivity contribution is 6.61. The maximum absolute atomic E-state index is 8.82. The van der Waals surface area contributed by atoms with Crippen molar-refractivity contribution in [1.82, 2.24) is 9.97 Å². The summed E-state index contributed by atoms with van der Waals surface area (Å²) in [6, 6.07) is 3.40. The van der Waals surface area contributed by atoms with Gasteiger partial charge in [-0.05, 0) is 33.8 Å². The molecule has 0 amide bonds. The minimum absolute atomic E-state index is 0.00668. The number of hydrogen-bond acceptors (Lipinski definition) is 5. The van der Waals surface area contributed by atoms with Gasteiger partial charge in [-0.15, -0.1) is 0 Å². The van der Waals surface area contributed by atoms with Gasteiger partial charge in [0.1, 0.15) is 11.2 Å². The number of aromatic nitrogens is 2. The Morgan fingerprint density at radius 2 is 1.78 bits per heavy atom. The molecule has 1 saturated heterocycles. The molecular formula is C11H13BClN3O2. The van der Waals surface area contributed by atoms with Crippen LogP contribution in [0.4, 0.5) is 0 Å². The summed E-state index contributed by atoms with van der Waals surface area (Å²) in [6.45, 7) is 7.78. The van der Waals surface area contributed by atoms with Crippen LogP contribution < -0.4 is 5.59 Å². The van der Waals surface area contributed by atoms with Crippen LogP contribution in [0.2, 0.25) is 5.15 Å². The largest absolute Gasteiger partial charge is 0.514 e. The highest BCUT2D eigenvalue weighted by atomic mass is 35.5. The Morgan fingerprint density at radius 1 is 1.22 bits per heavy atom. The molecule has 94 valence electrons. The summed E-state index contributed by atoms with van der Waals surface area (Å²) < 4.78 is 11.6. The summed E-state index contributed by atoms with van der Waals surface area (Å²) in [7, 11) is -0.636. The average molecular weight is 266 g/mol. The van der Waals surface area contributed by atoms with Crippen LogP contribution in [0.25, 0.3) is 0 Å². The molecule has 0 bridgehead atoms. The van der Waals surface area contributed by atoms with E-state index in [1.807, 2.05) is 33.8 Å². The lowest BCUT2D eigenvalue weighted by Gasteiger charge is -2.32. The van der Waals surface area contributed by atoms with Crippen molar-refractivity contribution >= 4 is 24.3 Å². The van der Waals surface area contributed by atoms with E-state index in [-0.39, 0.29) is 11.0 Å². The van der Waals surface area contributed by atoms with E-state index in [1.54, 1.807) is 6.07 Å². The molecule has 0 atom stereocenters. The van der Waals surface area contributed by atoms with E-state index in [0.717, 1.165) is 0 Å². The molecule has 0 spiro atoms. The molecule has 0 radical (unpaired) electrons. The molecule has 2 heterocycles. The first-order valence-corrected chi connectivity index (χ1v) is 5.93. The molecule has 0 aliphatic carbocycles. The fourth-order valence-corrected chi connectivity index (χ4v) is 1.76. The third-order valence-corrected chi connectivity index (χ3v) is 3.50. The zero-order chi connectivity index (χ0) is 13.6. The maximum Gasteiger partial charge on any atom is 0.514 e. The van der Waals surface area contributed by atoms with Gasteiger partial charge in [-0.3, -0.25) is 0 Å². The molecule has 0 aromatic carbocycles. The lowest BCUT2D eigenvalue weighted by Crippen LogP contribution is -2.41. The third-order valence-electron chi connectivity index (χ3n) is 3.31. The lowest BCUT2D eigenvalue weighted by molar-refractivity contribution is 0.00578. The Bertz CT molecular complexity index is 512. The van der Waals surface area contributed by atoms with Gasteiger partial charge in [0.25, 0.3) is 0 Å². The van der Waals surface area contributed by atoms with E-state index in [1.165, 1.54) is 0 Å². The first-order valence-electron chi connectivity index (χ1n) is 5.55. The molecule has 1 fully saturated rings. The Labute approximate surface area is 111 Å². The Balaban J connectivity index is 2.36. The molecule has 0 unspecified atom stereocenters. The molecule has 1 aromatic rings. The number of nitriles is 1. The molecule has 5 nitrogen and oxygen atoms in total. The van der Waals surface area contributed by atoms with Crippen LogP contribution >= 0.6 is 11.6 Å². The van der Waals surface area contributed by atoms with Crippen LogP contribution in [0.15, 0.2) is 6.07 Å². The van der Waals surface area contributed by atoms with Crippen LogP contribution in [0.1, 0.15) is 33.5 Å². The number of hydrogen-bond donors (Lipinski definition) is 0. The number of halogens is 1. The van der Waals surface area contributed by atoms with Gasteiger partial charge >= 0.3 is 7.12 Å². The summed E-state index contributed by atoms with van der Waals surface area (Å²) in [6.07, 6.45) is 0. The molecular weight excluding hydrogens is 252 g/mol. The van der Waals surface area contributed by atoms with Crippen molar-refractivity contribution in [3.8, 4) is 6.07 Å². The first kappa shape index (κ1) is 13.3. The highest BCUT2D eigenvalue weighted by Gasteiger charge is 2.52. The second kappa shape index (κ2) is 4.20. The van der Waals surface area contributed by atoms with Gasteiger partial charge in [0.05, 0.1) is 16.8 Å². The van der Waals surface area contributed by atoms with Crippen molar-refractivity contribution in [3.05, 3.63) is 17.0 Å². The molecule has 1 aliphatic rings. The standard InChI is InChI=1S/C11H13BClN3O2/c1-10(2)11(3,4)18-12(17-10)7-5-8(13)16-9(6-14)15-7/h5H,1-4H3. The van der Waals surface area contributed by atoms with Crippen LogP contribution in [0.5, 0.6) is 0 Å². The highest BCUT2D eigenvalue weighted by Crippen LogP contribution is 2.36. The van der Waals surface area contributed by atoms with Crippen LogP contribution in [-0.4, -0.2) is 28.3 Å². The molecule has 7 heteroatoms. The van der Waals surface area contributed by atoms with Crippen molar-refractivity contribution in [3.63, 3.8) is 0 Å². The van der Waals surface area contributed by atoms with Crippen molar-refractivity contribution in [2.24, 2.45) is 0 Å². The zero-order valence-corrected chi connectivity index (χ0v) is 11.4. The van der Waals surface area contributed by atoms with Gasteiger partial charge in [0, 0.05) is 0 Å². The van der Waals surface area contributed by atoms with Gasteiger partial charge in [-0.2, -0.15) is 5.26 Å². The average Bonchev–Trinajstić information content (AvgIpc) is 2.47. The van der Waals surface area contributed by atoms with E-state index in [4.69, 9.17) is 26.2 Å². The van der Waals surface area contributed by atoms with Gasteiger partial charge in [-0.25, -0.2) is 9.97 Å². The Morgan fingerprint density at radius 3 is 2.28 bits per heavy atom. The minimum atomic E-state index is -0.636. The second-order valence-electron chi connectivity index (χ2n) is 5.14. The van der Waals surface area contributed by atoms with Crippen molar-refractivity contribution in [2.75, 3.05) is 0 Å². The van der Waals surface area contributed by atoms with Crippen LogP contribution in [-0.2, 0) is 9.31 Å². The van der Waals surface area contributed by atoms with Crippen molar-refractivity contribution in [2.45, 2.75) is 38.9 Å². The predicted octanol–water partition coefficient (Wildman–Crippen LogP) is 1.30. The summed E-state index contributed by atoms with van der Waals surface area (Å²) in [4.78, 5) is 7.84. The molecule has 1 aromatic heterocycles. The smallest absolute Gasteiger partial charge is 0.398 e. The number of rotatable bonds is 1. The Hall–Kier alpha value is -1.16. The van der Waals surface area contributed by atoms with Gasteiger partial charge < -0.3 is 9.31 Å².